The van der Waals surface area contributed by atoms with Crippen LogP contribution in [0.5, 0.6) is 0 Å². The van der Waals surface area contributed by atoms with Crippen molar-refractivity contribution in [1.82, 2.24) is 10.2 Å². The van der Waals surface area contributed by atoms with Crippen LogP contribution >= 0.6 is 0 Å². The second-order valence-electron chi connectivity index (χ2n) is 3.90. The summed E-state index contributed by atoms with van der Waals surface area (Å²) in [7, 11) is 0. The Balaban J connectivity index is 2.63. The van der Waals surface area contributed by atoms with Gasteiger partial charge in [-0.05, 0) is 18.1 Å². The molecule has 0 fully saturated rings. The van der Waals surface area contributed by atoms with E-state index >= 15 is 0 Å². The predicted molar refractivity (Wildman–Crippen MR) is 63.7 cm³/mol. The Morgan fingerprint density at radius 3 is 2.53 bits per heavy atom. The summed E-state index contributed by atoms with van der Waals surface area (Å²) < 4.78 is 0. The number of nitrogens with zero attached hydrogens (tertiary/aromatic N) is 1. The summed E-state index contributed by atoms with van der Waals surface area (Å²) >= 11 is 0. The lowest BCUT2D eigenvalue weighted by Gasteiger charge is -2.27. The quantitative estimate of drug-likeness (QED) is 0.846. The first-order valence-electron chi connectivity index (χ1n) is 5.50. The molecule has 4 nitrogen and oxygen atoms in total. The van der Waals surface area contributed by atoms with Crippen LogP contribution in [-0.4, -0.2) is 21.3 Å². The van der Waals surface area contributed by atoms with E-state index in [1.165, 1.54) is 0 Å². The van der Waals surface area contributed by atoms with Gasteiger partial charge in [0.25, 0.3) is 0 Å². The number of aliphatic carboxylic acids is 1. The molecule has 2 aromatic rings. The summed E-state index contributed by atoms with van der Waals surface area (Å²) in [4.78, 5) is 11.7. The zero-order chi connectivity index (χ0) is 12.3. The molecule has 0 spiro atoms. The number of carboxylic acids is 1. The molecular formula is C13H14N2O2. The van der Waals surface area contributed by atoms with Crippen LogP contribution < -0.4 is 0 Å². The van der Waals surface area contributed by atoms with Gasteiger partial charge in [0, 0.05) is 6.20 Å². The van der Waals surface area contributed by atoms with Crippen LogP contribution in [0.15, 0.2) is 42.6 Å². The molecule has 0 aliphatic rings. The molecule has 88 valence electrons. The third kappa shape index (κ3) is 1.71. The van der Waals surface area contributed by atoms with Crippen LogP contribution in [-0.2, 0) is 10.2 Å². The summed E-state index contributed by atoms with van der Waals surface area (Å²) in [5.41, 5.74) is 0.329. The second kappa shape index (κ2) is 4.41. The average molecular weight is 230 g/mol. The van der Waals surface area contributed by atoms with Gasteiger partial charge in [0.1, 0.15) is 5.41 Å². The van der Waals surface area contributed by atoms with E-state index in [0.717, 1.165) is 5.56 Å². The number of carbonyl (C=O) groups is 1. The fourth-order valence-electron chi connectivity index (χ4n) is 2.16. The maximum Gasteiger partial charge on any atom is 0.320 e. The predicted octanol–water partition coefficient (Wildman–Crippen LogP) is 2.19. The Kier molecular flexibility index (Phi) is 2.95. The number of H-pyrrole nitrogens is 1. The largest absolute Gasteiger partial charge is 0.480 e. The molecule has 0 saturated carbocycles. The zero-order valence-electron chi connectivity index (χ0n) is 9.55. The number of carboxylic acid groups (broad SMARTS) is 1. The zero-order valence-corrected chi connectivity index (χ0v) is 9.55. The van der Waals surface area contributed by atoms with E-state index in [9.17, 15) is 9.90 Å². The van der Waals surface area contributed by atoms with Gasteiger partial charge in [-0.2, -0.15) is 5.10 Å². The first-order valence-corrected chi connectivity index (χ1v) is 5.50. The molecule has 0 bridgehead atoms. The van der Waals surface area contributed by atoms with E-state index in [2.05, 4.69) is 10.2 Å². The van der Waals surface area contributed by atoms with Gasteiger partial charge >= 0.3 is 5.97 Å². The average Bonchev–Trinajstić information content (AvgIpc) is 2.86. The van der Waals surface area contributed by atoms with Gasteiger partial charge < -0.3 is 5.11 Å². The third-order valence-electron chi connectivity index (χ3n) is 3.12. The van der Waals surface area contributed by atoms with Crippen molar-refractivity contribution in [2.24, 2.45) is 0 Å². The molecule has 1 atom stereocenters. The lowest BCUT2D eigenvalue weighted by atomic mass is 9.75. The molecular weight excluding hydrogens is 216 g/mol. The minimum Gasteiger partial charge on any atom is -0.480 e. The van der Waals surface area contributed by atoms with Crippen molar-refractivity contribution in [3.63, 3.8) is 0 Å². The van der Waals surface area contributed by atoms with E-state index in [0.29, 0.717) is 12.1 Å². The SMILES string of the molecule is CCC(C(=O)O)(c1ccccc1)c1ccn[nH]1. The van der Waals surface area contributed by atoms with Crippen molar-refractivity contribution in [2.75, 3.05) is 0 Å². The van der Waals surface area contributed by atoms with Crippen molar-refractivity contribution < 1.29 is 9.90 Å². The van der Waals surface area contributed by atoms with Gasteiger partial charge in [0.05, 0.1) is 5.69 Å². The molecule has 1 aromatic heterocycles. The molecule has 1 aromatic carbocycles. The van der Waals surface area contributed by atoms with Gasteiger partial charge in [-0.25, -0.2) is 0 Å². The number of hydrogen-bond donors (Lipinski definition) is 2. The molecule has 4 heteroatoms. The standard InChI is InChI=1S/C13H14N2O2/c1-2-13(12(16)17,11-8-9-14-15-11)10-6-4-3-5-7-10/h3-9H,2H2,1H3,(H,14,15)(H,16,17). The van der Waals surface area contributed by atoms with Crippen LogP contribution in [0.3, 0.4) is 0 Å². The van der Waals surface area contributed by atoms with Crippen molar-refractivity contribution in [2.45, 2.75) is 18.8 Å². The monoisotopic (exact) mass is 230 g/mol. The highest BCUT2D eigenvalue weighted by molar-refractivity contribution is 5.85. The number of hydrogen-bond acceptors (Lipinski definition) is 2. The van der Waals surface area contributed by atoms with Gasteiger partial charge in [-0.3, -0.25) is 9.89 Å². The highest BCUT2D eigenvalue weighted by atomic mass is 16.4. The van der Waals surface area contributed by atoms with Gasteiger partial charge in [0.15, 0.2) is 0 Å². The number of aromatic amines is 1. The lowest BCUT2D eigenvalue weighted by molar-refractivity contribution is -0.142. The molecule has 2 N–H and O–H groups in total. The third-order valence-corrected chi connectivity index (χ3v) is 3.12. The normalized spacial score (nSPS) is 14.2. The highest BCUT2D eigenvalue weighted by Crippen LogP contribution is 2.34. The van der Waals surface area contributed by atoms with E-state index in [1.807, 2.05) is 37.3 Å². The highest BCUT2D eigenvalue weighted by Gasteiger charge is 2.41. The number of nitrogens with one attached hydrogen (secondary N) is 1. The number of benzene rings is 1. The molecule has 0 amide bonds. The first-order chi connectivity index (χ1) is 8.21. The fourth-order valence-corrected chi connectivity index (χ4v) is 2.16. The van der Waals surface area contributed by atoms with Crippen LogP contribution in [0.4, 0.5) is 0 Å². The second-order valence-corrected chi connectivity index (χ2v) is 3.90. The Bertz CT molecular complexity index is 493. The molecule has 0 aliphatic carbocycles. The lowest BCUT2D eigenvalue weighted by Crippen LogP contribution is -2.36. The molecule has 0 saturated heterocycles. The van der Waals surface area contributed by atoms with Crippen molar-refractivity contribution in [3.8, 4) is 0 Å². The number of aromatic nitrogens is 2. The van der Waals surface area contributed by atoms with E-state index < -0.39 is 11.4 Å². The maximum absolute atomic E-state index is 11.7. The first kappa shape index (κ1) is 11.4. The molecule has 2 rings (SSSR count). The van der Waals surface area contributed by atoms with E-state index in [1.54, 1.807) is 12.3 Å². The van der Waals surface area contributed by atoms with E-state index in [-0.39, 0.29) is 0 Å². The summed E-state index contributed by atoms with van der Waals surface area (Å²) in [6.45, 7) is 1.86. The van der Waals surface area contributed by atoms with Gasteiger partial charge in [0.2, 0.25) is 0 Å². The Hall–Kier alpha value is -2.10. The molecule has 1 heterocycles. The summed E-state index contributed by atoms with van der Waals surface area (Å²) in [6.07, 6.45) is 2.04. The van der Waals surface area contributed by atoms with Gasteiger partial charge in [-0.15, -0.1) is 0 Å². The van der Waals surface area contributed by atoms with Crippen LogP contribution in [0.2, 0.25) is 0 Å². The Labute approximate surface area is 99.3 Å². The van der Waals surface area contributed by atoms with Crippen LogP contribution in [0.1, 0.15) is 24.6 Å². The molecule has 17 heavy (non-hydrogen) atoms. The smallest absolute Gasteiger partial charge is 0.320 e. The minimum atomic E-state index is -1.04. The van der Waals surface area contributed by atoms with Crippen molar-refractivity contribution >= 4 is 5.97 Å². The topological polar surface area (TPSA) is 66.0 Å². The van der Waals surface area contributed by atoms with E-state index in [4.69, 9.17) is 0 Å². The number of rotatable bonds is 4. The fraction of sp³-hybridized carbons (Fsp3) is 0.231. The molecule has 0 aliphatic heterocycles. The van der Waals surface area contributed by atoms with Crippen LogP contribution in [0, 0.1) is 0 Å². The van der Waals surface area contributed by atoms with Crippen LogP contribution in [0.25, 0.3) is 0 Å². The maximum atomic E-state index is 11.7. The van der Waals surface area contributed by atoms with Crippen molar-refractivity contribution in [1.29, 1.82) is 0 Å². The summed E-state index contributed by atoms with van der Waals surface area (Å²) in [6, 6.07) is 10.9. The molecule has 0 radical (unpaired) electrons. The Morgan fingerprint density at radius 1 is 1.35 bits per heavy atom. The van der Waals surface area contributed by atoms with Gasteiger partial charge in [-0.1, -0.05) is 37.3 Å². The summed E-state index contributed by atoms with van der Waals surface area (Å²) in [5, 5.41) is 16.2. The Morgan fingerprint density at radius 2 is 2.06 bits per heavy atom. The minimum absolute atomic E-state index is 0.467. The summed E-state index contributed by atoms with van der Waals surface area (Å²) in [5.74, 6) is -0.865. The van der Waals surface area contributed by atoms with Crippen molar-refractivity contribution in [3.05, 3.63) is 53.9 Å². The molecule has 1 unspecified atom stereocenters.